The van der Waals surface area contributed by atoms with Crippen LogP contribution in [0.5, 0.6) is 5.75 Å². The van der Waals surface area contributed by atoms with Gasteiger partial charge in [0.25, 0.3) is 0 Å². The van der Waals surface area contributed by atoms with E-state index in [-0.39, 0.29) is 6.10 Å². The van der Waals surface area contributed by atoms with Crippen LogP contribution in [-0.2, 0) is 4.74 Å². The van der Waals surface area contributed by atoms with E-state index in [1.807, 2.05) is 25.2 Å². The summed E-state index contributed by atoms with van der Waals surface area (Å²) >= 11 is 6.08. The molecule has 0 spiro atoms. The molecule has 19 heavy (non-hydrogen) atoms. The molecule has 2 aliphatic rings. The Hall–Kier alpha value is -0.770. The molecule has 104 valence electrons. The summed E-state index contributed by atoms with van der Waals surface area (Å²) in [4.78, 5) is 0. The number of fused-ring (bicyclic) bond motifs is 1. The van der Waals surface area contributed by atoms with Crippen molar-refractivity contribution in [2.45, 2.75) is 31.4 Å². The highest BCUT2D eigenvalue weighted by Gasteiger charge is 2.33. The first-order valence-electron chi connectivity index (χ1n) is 6.99. The summed E-state index contributed by atoms with van der Waals surface area (Å²) in [5.41, 5.74) is 1.17. The molecule has 0 amide bonds. The number of ether oxygens (including phenoxy) is 2. The average Bonchev–Trinajstić information content (AvgIpc) is 2.47. The van der Waals surface area contributed by atoms with E-state index in [9.17, 15) is 0 Å². The van der Waals surface area contributed by atoms with Gasteiger partial charge in [-0.2, -0.15) is 0 Å². The van der Waals surface area contributed by atoms with Gasteiger partial charge >= 0.3 is 0 Å². The molecule has 3 unspecified atom stereocenters. The van der Waals surface area contributed by atoms with Crippen molar-refractivity contribution in [3.63, 3.8) is 0 Å². The lowest BCUT2D eigenvalue weighted by molar-refractivity contribution is -0.0107. The van der Waals surface area contributed by atoms with Crippen molar-refractivity contribution in [3.8, 4) is 5.75 Å². The molecule has 4 heteroatoms. The third kappa shape index (κ3) is 2.73. The van der Waals surface area contributed by atoms with E-state index in [1.54, 1.807) is 0 Å². The number of hydrogen-bond acceptors (Lipinski definition) is 3. The molecule has 3 rings (SSSR count). The summed E-state index contributed by atoms with van der Waals surface area (Å²) in [7, 11) is 2.00. The van der Waals surface area contributed by atoms with Crippen LogP contribution >= 0.6 is 11.6 Å². The van der Waals surface area contributed by atoms with Crippen molar-refractivity contribution in [2.75, 3.05) is 20.3 Å². The third-order valence-electron chi connectivity index (χ3n) is 4.16. The Morgan fingerprint density at radius 3 is 3.00 bits per heavy atom. The molecule has 1 aromatic carbocycles. The maximum Gasteiger partial charge on any atom is 0.124 e. The van der Waals surface area contributed by atoms with Crippen LogP contribution in [0.15, 0.2) is 18.2 Å². The van der Waals surface area contributed by atoms with Gasteiger partial charge in [-0.1, -0.05) is 11.6 Å². The molecule has 0 radical (unpaired) electrons. The lowest BCUT2D eigenvalue weighted by Gasteiger charge is -2.37. The van der Waals surface area contributed by atoms with Crippen LogP contribution in [0, 0.1) is 5.92 Å². The summed E-state index contributed by atoms with van der Waals surface area (Å²) in [6.07, 6.45) is 3.57. The molecule has 0 aromatic heterocycles. The minimum Gasteiger partial charge on any atom is -0.490 e. The molecule has 3 atom stereocenters. The van der Waals surface area contributed by atoms with Gasteiger partial charge in [-0.15, -0.1) is 0 Å². The Kier molecular flexibility index (Phi) is 3.96. The number of rotatable bonds is 2. The van der Waals surface area contributed by atoms with Crippen LogP contribution in [0.2, 0.25) is 5.02 Å². The zero-order valence-corrected chi connectivity index (χ0v) is 12.0. The van der Waals surface area contributed by atoms with E-state index >= 15 is 0 Å². The van der Waals surface area contributed by atoms with Gasteiger partial charge < -0.3 is 14.8 Å². The molecular formula is C15H20ClNO2. The second-order valence-corrected chi connectivity index (χ2v) is 5.83. The summed E-state index contributed by atoms with van der Waals surface area (Å²) in [5.74, 6) is 1.47. The normalized spacial score (nSPS) is 30.5. The first-order valence-corrected chi connectivity index (χ1v) is 7.37. The van der Waals surface area contributed by atoms with Crippen molar-refractivity contribution in [2.24, 2.45) is 5.92 Å². The molecule has 1 N–H and O–H groups in total. The zero-order valence-electron chi connectivity index (χ0n) is 11.2. The lowest BCUT2D eigenvalue weighted by atomic mass is 9.87. The van der Waals surface area contributed by atoms with Crippen LogP contribution in [-0.4, -0.2) is 26.4 Å². The van der Waals surface area contributed by atoms with Gasteiger partial charge in [0, 0.05) is 35.6 Å². The standard InChI is InChI=1S/C15H20ClNO2/c1-17-13-8-15(10-3-2-6-18-9-10)19-14-5-4-11(16)7-12(13)14/h4-5,7,10,13,15,17H,2-3,6,8-9H2,1H3. The van der Waals surface area contributed by atoms with Crippen LogP contribution in [0.1, 0.15) is 30.9 Å². The number of hydrogen-bond donors (Lipinski definition) is 1. The van der Waals surface area contributed by atoms with E-state index in [0.717, 1.165) is 36.8 Å². The predicted molar refractivity (Wildman–Crippen MR) is 75.8 cm³/mol. The summed E-state index contributed by atoms with van der Waals surface area (Å²) in [5, 5.41) is 4.14. The number of halogens is 1. The molecule has 2 heterocycles. The first-order chi connectivity index (χ1) is 9.28. The summed E-state index contributed by atoms with van der Waals surface area (Å²) in [6, 6.07) is 6.20. The van der Waals surface area contributed by atoms with E-state index in [0.29, 0.717) is 12.0 Å². The lowest BCUT2D eigenvalue weighted by Crippen LogP contribution is -2.39. The second-order valence-electron chi connectivity index (χ2n) is 5.39. The first kappa shape index (κ1) is 13.2. The molecule has 1 aromatic rings. The van der Waals surface area contributed by atoms with Crippen molar-refractivity contribution >= 4 is 11.6 Å². The Morgan fingerprint density at radius 2 is 2.26 bits per heavy atom. The fourth-order valence-electron chi connectivity index (χ4n) is 3.09. The summed E-state index contributed by atoms with van der Waals surface area (Å²) < 4.78 is 11.8. The van der Waals surface area contributed by atoms with Crippen LogP contribution in [0.3, 0.4) is 0 Å². The molecule has 3 nitrogen and oxygen atoms in total. The van der Waals surface area contributed by atoms with Crippen LogP contribution in [0.25, 0.3) is 0 Å². The minimum atomic E-state index is 0.242. The van der Waals surface area contributed by atoms with Crippen molar-refractivity contribution < 1.29 is 9.47 Å². The Bertz CT molecular complexity index is 446. The number of nitrogens with one attached hydrogen (secondary N) is 1. The zero-order chi connectivity index (χ0) is 13.2. The van der Waals surface area contributed by atoms with E-state index in [4.69, 9.17) is 21.1 Å². The Labute approximate surface area is 119 Å². The largest absolute Gasteiger partial charge is 0.490 e. The molecule has 0 aliphatic carbocycles. The molecular weight excluding hydrogens is 262 g/mol. The molecule has 1 fully saturated rings. The van der Waals surface area contributed by atoms with Gasteiger partial charge in [-0.05, 0) is 38.1 Å². The predicted octanol–water partition coefficient (Wildman–Crippen LogP) is 3.18. The van der Waals surface area contributed by atoms with Crippen molar-refractivity contribution in [1.29, 1.82) is 0 Å². The maximum atomic E-state index is 6.18. The van der Waals surface area contributed by atoms with Crippen molar-refractivity contribution in [1.82, 2.24) is 5.32 Å². The second kappa shape index (κ2) is 5.70. The molecule has 0 saturated carbocycles. The highest BCUT2D eigenvalue weighted by atomic mass is 35.5. The van der Waals surface area contributed by atoms with Crippen molar-refractivity contribution in [3.05, 3.63) is 28.8 Å². The van der Waals surface area contributed by atoms with Crippen LogP contribution < -0.4 is 10.1 Å². The fraction of sp³-hybridized carbons (Fsp3) is 0.600. The van der Waals surface area contributed by atoms with Gasteiger partial charge in [0.2, 0.25) is 0 Å². The average molecular weight is 282 g/mol. The summed E-state index contributed by atoms with van der Waals surface area (Å²) in [6.45, 7) is 1.72. The topological polar surface area (TPSA) is 30.5 Å². The maximum absolute atomic E-state index is 6.18. The Morgan fingerprint density at radius 1 is 1.37 bits per heavy atom. The molecule has 0 bridgehead atoms. The van der Waals surface area contributed by atoms with E-state index < -0.39 is 0 Å². The number of benzene rings is 1. The molecule has 1 saturated heterocycles. The highest BCUT2D eigenvalue weighted by Crippen LogP contribution is 2.39. The Balaban J connectivity index is 1.83. The van der Waals surface area contributed by atoms with Gasteiger partial charge in [0.05, 0.1) is 6.61 Å². The van der Waals surface area contributed by atoms with Crippen LogP contribution in [0.4, 0.5) is 0 Å². The fourth-order valence-corrected chi connectivity index (χ4v) is 3.27. The molecule has 2 aliphatic heterocycles. The van der Waals surface area contributed by atoms with Gasteiger partial charge in [0.1, 0.15) is 11.9 Å². The van der Waals surface area contributed by atoms with Gasteiger partial charge in [0.15, 0.2) is 0 Å². The van der Waals surface area contributed by atoms with E-state index in [2.05, 4.69) is 5.32 Å². The van der Waals surface area contributed by atoms with E-state index in [1.165, 1.54) is 12.0 Å². The third-order valence-corrected chi connectivity index (χ3v) is 4.40. The quantitative estimate of drug-likeness (QED) is 0.903. The van der Waals surface area contributed by atoms with Gasteiger partial charge in [-0.3, -0.25) is 0 Å². The minimum absolute atomic E-state index is 0.242. The SMILES string of the molecule is CNC1CC(C2CCCOC2)Oc2ccc(Cl)cc21. The van der Waals surface area contributed by atoms with Gasteiger partial charge in [-0.25, -0.2) is 0 Å². The monoisotopic (exact) mass is 281 g/mol. The smallest absolute Gasteiger partial charge is 0.124 e. The highest BCUT2D eigenvalue weighted by molar-refractivity contribution is 6.30.